The van der Waals surface area contributed by atoms with Gasteiger partial charge in [-0.3, -0.25) is 0 Å². The number of anilines is 2. The van der Waals surface area contributed by atoms with Gasteiger partial charge in [0, 0.05) is 23.8 Å². The lowest BCUT2D eigenvalue weighted by molar-refractivity contribution is 0.790. The van der Waals surface area contributed by atoms with Crippen molar-refractivity contribution in [2.24, 2.45) is 0 Å². The molecule has 0 aliphatic rings. The molecule has 0 atom stereocenters. The number of hydrogen-bond acceptors (Lipinski definition) is 1. The third kappa shape index (κ3) is 3.51. The normalized spacial score (nSPS) is 10.3. The Morgan fingerprint density at radius 2 is 1.22 bits per heavy atom. The first-order valence-corrected chi connectivity index (χ1v) is 6.89. The minimum Gasteiger partial charge on any atom is -0.341 e. The van der Waals surface area contributed by atoms with Crippen LogP contribution in [0.5, 0.6) is 0 Å². The van der Waals surface area contributed by atoms with E-state index in [0.29, 0.717) is 0 Å². The molecule has 0 aliphatic heterocycles. The summed E-state index contributed by atoms with van der Waals surface area (Å²) in [6, 6.07) is 21.0. The van der Waals surface area contributed by atoms with E-state index in [-0.39, 0.29) is 0 Å². The molecule has 0 fully saturated rings. The SMILES string of the molecule is ClCCCCN(c1ccccc1)c1ccccc1. The van der Waals surface area contributed by atoms with Gasteiger partial charge < -0.3 is 4.90 Å². The lowest BCUT2D eigenvalue weighted by atomic mass is 10.2. The maximum Gasteiger partial charge on any atom is 0.0410 e. The molecule has 0 saturated heterocycles. The topological polar surface area (TPSA) is 3.24 Å². The smallest absolute Gasteiger partial charge is 0.0410 e. The van der Waals surface area contributed by atoms with Crippen LogP contribution in [-0.4, -0.2) is 12.4 Å². The van der Waals surface area contributed by atoms with Crippen molar-refractivity contribution in [3.63, 3.8) is 0 Å². The highest BCUT2D eigenvalue weighted by Crippen LogP contribution is 2.25. The number of para-hydroxylation sites is 2. The second kappa shape index (κ2) is 7.07. The second-order valence-corrected chi connectivity index (χ2v) is 4.60. The average molecular weight is 260 g/mol. The Morgan fingerprint density at radius 1 is 0.722 bits per heavy atom. The van der Waals surface area contributed by atoms with Crippen molar-refractivity contribution in [3.8, 4) is 0 Å². The first-order valence-electron chi connectivity index (χ1n) is 6.35. The van der Waals surface area contributed by atoms with Gasteiger partial charge in [-0.05, 0) is 37.1 Å². The number of halogens is 1. The lowest BCUT2D eigenvalue weighted by Crippen LogP contribution is -2.18. The molecule has 0 amide bonds. The van der Waals surface area contributed by atoms with Crippen LogP contribution in [0.4, 0.5) is 11.4 Å². The minimum absolute atomic E-state index is 0.734. The summed E-state index contributed by atoms with van der Waals surface area (Å²) >= 11 is 5.76. The molecular weight excluding hydrogens is 242 g/mol. The number of alkyl halides is 1. The molecule has 2 aromatic rings. The van der Waals surface area contributed by atoms with Crippen LogP contribution in [0.1, 0.15) is 12.8 Å². The summed E-state index contributed by atoms with van der Waals surface area (Å²) in [7, 11) is 0. The molecule has 0 unspecified atom stereocenters. The lowest BCUT2D eigenvalue weighted by Gasteiger charge is -2.25. The third-order valence-corrected chi connectivity index (χ3v) is 3.17. The van der Waals surface area contributed by atoms with Gasteiger partial charge in [-0.25, -0.2) is 0 Å². The van der Waals surface area contributed by atoms with E-state index >= 15 is 0 Å². The molecule has 18 heavy (non-hydrogen) atoms. The summed E-state index contributed by atoms with van der Waals surface area (Å²) in [4.78, 5) is 2.34. The molecule has 0 N–H and O–H groups in total. The van der Waals surface area contributed by atoms with Gasteiger partial charge in [-0.15, -0.1) is 11.6 Å². The van der Waals surface area contributed by atoms with Crippen molar-refractivity contribution >= 4 is 23.0 Å². The van der Waals surface area contributed by atoms with Gasteiger partial charge in [-0.2, -0.15) is 0 Å². The van der Waals surface area contributed by atoms with Gasteiger partial charge in [0.15, 0.2) is 0 Å². The molecule has 0 saturated carbocycles. The van der Waals surface area contributed by atoms with Crippen LogP contribution in [0, 0.1) is 0 Å². The molecule has 1 nitrogen and oxygen atoms in total. The highest BCUT2D eigenvalue weighted by atomic mass is 35.5. The van der Waals surface area contributed by atoms with Gasteiger partial charge in [0.1, 0.15) is 0 Å². The number of hydrogen-bond donors (Lipinski definition) is 0. The molecular formula is C16H18ClN. The van der Waals surface area contributed by atoms with Crippen LogP contribution < -0.4 is 4.90 Å². The largest absolute Gasteiger partial charge is 0.341 e. The average Bonchev–Trinajstić information content (AvgIpc) is 2.46. The first-order chi connectivity index (χ1) is 8.92. The van der Waals surface area contributed by atoms with E-state index in [1.54, 1.807) is 0 Å². The fourth-order valence-electron chi connectivity index (χ4n) is 1.99. The molecule has 0 heterocycles. The van der Waals surface area contributed by atoms with E-state index in [2.05, 4.69) is 53.4 Å². The van der Waals surface area contributed by atoms with Gasteiger partial charge in [0.25, 0.3) is 0 Å². The quantitative estimate of drug-likeness (QED) is 0.530. The third-order valence-electron chi connectivity index (χ3n) is 2.90. The van der Waals surface area contributed by atoms with Gasteiger partial charge in [0.05, 0.1) is 0 Å². The summed E-state index contributed by atoms with van der Waals surface area (Å²) in [5.74, 6) is 0.734. The van der Waals surface area contributed by atoms with E-state index in [4.69, 9.17) is 11.6 Å². The highest BCUT2D eigenvalue weighted by molar-refractivity contribution is 6.17. The van der Waals surface area contributed by atoms with E-state index in [1.807, 2.05) is 12.1 Å². The van der Waals surface area contributed by atoms with Crippen LogP contribution in [0.25, 0.3) is 0 Å². The molecule has 0 radical (unpaired) electrons. The number of rotatable bonds is 6. The summed E-state index contributed by atoms with van der Waals surface area (Å²) in [5.41, 5.74) is 2.47. The van der Waals surface area contributed by atoms with Crippen molar-refractivity contribution in [1.29, 1.82) is 0 Å². The molecule has 2 heteroatoms. The molecule has 94 valence electrons. The van der Waals surface area contributed by atoms with Crippen molar-refractivity contribution in [2.75, 3.05) is 17.3 Å². The molecule has 0 aromatic heterocycles. The van der Waals surface area contributed by atoms with Crippen LogP contribution >= 0.6 is 11.6 Å². The number of unbranched alkanes of at least 4 members (excludes halogenated alkanes) is 1. The molecule has 0 aliphatic carbocycles. The zero-order valence-electron chi connectivity index (χ0n) is 10.4. The Kier molecular flexibility index (Phi) is 5.10. The van der Waals surface area contributed by atoms with E-state index < -0.39 is 0 Å². The Morgan fingerprint density at radius 3 is 1.67 bits per heavy atom. The van der Waals surface area contributed by atoms with E-state index in [9.17, 15) is 0 Å². The number of benzene rings is 2. The monoisotopic (exact) mass is 259 g/mol. The van der Waals surface area contributed by atoms with Crippen LogP contribution in [-0.2, 0) is 0 Å². The first kappa shape index (κ1) is 13.0. The predicted molar refractivity (Wildman–Crippen MR) is 79.8 cm³/mol. The van der Waals surface area contributed by atoms with Crippen molar-refractivity contribution in [1.82, 2.24) is 0 Å². The summed E-state index contributed by atoms with van der Waals surface area (Å²) < 4.78 is 0. The van der Waals surface area contributed by atoms with E-state index in [1.165, 1.54) is 11.4 Å². The molecule has 0 bridgehead atoms. The summed E-state index contributed by atoms with van der Waals surface area (Å²) in [6.07, 6.45) is 2.16. The molecule has 0 spiro atoms. The van der Waals surface area contributed by atoms with Gasteiger partial charge >= 0.3 is 0 Å². The highest BCUT2D eigenvalue weighted by Gasteiger charge is 2.07. The van der Waals surface area contributed by atoms with Gasteiger partial charge in [0.2, 0.25) is 0 Å². The second-order valence-electron chi connectivity index (χ2n) is 4.22. The zero-order chi connectivity index (χ0) is 12.6. The fourth-order valence-corrected chi connectivity index (χ4v) is 2.18. The Labute approximate surface area is 114 Å². The Hall–Kier alpha value is -1.47. The van der Waals surface area contributed by atoms with Crippen LogP contribution in [0.3, 0.4) is 0 Å². The summed E-state index contributed by atoms with van der Waals surface area (Å²) in [5, 5.41) is 0. The zero-order valence-corrected chi connectivity index (χ0v) is 11.2. The Balaban J connectivity index is 2.18. The molecule has 2 rings (SSSR count). The number of nitrogens with zero attached hydrogens (tertiary/aromatic N) is 1. The van der Waals surface area contributed by atoms with Gasteiger partial charge in [-0.1, -0.05) is 36.4 Å². The van der Waals surface area contributed by atoms with Crippen molar-refractivity contribution < 1.29 is 0 Å². The Bertz CT molecular complexity index is 402. The van der Waals surface area contributed by atoms with Crippen LogP contribution in [0.2, 0.25) is 0 Å². The van der Waals surface area contributed by atoms with Crippen molar-refractivity contribution in [3.05, 3.63) is 60.7 Å². The minimum atomic E-state index is 0.734. The maximum atomic E-state index is 5.76. The van der Waals surface area contributed by atoms with Crippen molar-refractivity contribution in [2.45, 2.75) is 12.8 Å². The standard InChI is InChI=1S/C16H18ClN/c17-13-7-8-14-18(15-9-3-1-4-10-15)16-11-5-2-6-12-16/h1-6,9-12H,7-8,13-14H2. The van der Waals surface area contributed by atoms with Crippen LogP contribution in [0.15, 0.2) is 60.7 Å². The fraction of sp³-hybridized carbons (Fsp3) is 0.250. The maximum absolute atomic E-state index is 5.76. The summed E-state index contributed by atoms with van der Waals surface area (Å²) in [6.45, 7) is 1.00. The van der Waals surface area contributed by atoms with E-state index in [0.717, 1.165) is 25.3 Å². The molecule has 2 aromatic carbocycles. The predicted octanol–water partition coefficient (Wildman–Crippen LogP) is 4.84.